The summed E-state index contributed by atoms with van der Waals surface area (Å²) in [5.41, 5.74) is 0. The molecule has 0 aromatic carbocycles. The Bertz CT molecular complexity index is 313. The van der Waals surface area contributed by atoms with E-state index >= 15 is 0 Å². The van der Waals surface area contributed by atoms with E-state index in [1.54, 1.807) is 0 Å². The third-order valence-corrected chi connectivity index (χ3v) is 3.12. The third-order valence-electron chi connectivity index (χ3n) is 2.72. The van der Waals surface area contributed by atoms with Gasteiger partial charge in [0.15, 0.2) is 0 Å². The first kappa shape index (κ1) is 11.0. The summed E-state index contributed by atoms with van der Waals surface area (Å²) in [6.07, 6.45) is 6.88. The molecule has 1 fully saturated rings. The molecule has 84 valence electrons. The first-order valence-corrected chi connectivity index (χ1v) is 6.01. The highest BCUT2D eigenvalue weighted by Crippen LogP contribution is 2.29. The van der Waals surface area contributed by atoms with Gasteiger partial charge in [-0.2, -0.15) is 0 Å². The lowest BCUT2D eigenvalue weighted by Gasteiger charge is -2.26. The number of rotatable bonds is 3. The summed E-state index contributed by atoms with van der Waals surface area (Å²) in [6, 6.07) is 0. The Morgan fingerprint density at radius 1 is 1.67 bits per heavy atom. The molecule has 2 unspecified atom stereocenters. The Balaban J connectivity index is 2.10. The summed E-state index contributed by atoms with van der Waals surface area (Å²) in [5.74, 6) is 1.03. The number of aryl methyl sites for hydroxylation is 1. The van der Waals surface area contributed by atoms with Crippen LogP contribution in [-0.2, 0) is 11.3 Å². The molecule has 1 aromatic rings. The van der Waals surface area contributed by atoms with Crippen LogP contribution in [0.2, 0.25) is 0 Å². The smallest absolute Gasteiger partial charge is 0.137 e. The zero-order valence-electron chi connectivity index (χ0n) is 9.03. The maximum absolute atomic E-state index is 6.14. The predicted octanol–water partition coefficient (Wildman–Crippen LogP) is 2.75. The summed E-state index contributed by atoms with van der Waals surface area (Å²) < 4.78 is 7.88. The van der Waals surface area contributed by atoms with Crippen LogP contribution < -0.4 is 0 Å². The van der Waals surface area contributed by atoms with Crippen molar-refractivity contribution in [1.82, 2.24) is 9.55 Å². The second-order valence-electron chi connectivity index (χ2n) is 3.96. The number of aromatic nitrogens is 2. The van der Waals surface area contributed by atoms with Crippen molar-refractivity contribution in [2.24, 2.45) is 0 Å². The Morgan fingerprint density at radius 3 is 3.27 bits per heavy atom. The van der Waals surface area contributed by atoms with Gasteiger partial charge in [-0.3, -0.25) is 0 Å². The van der Waals surface area contributed by atoms with Gasteiger partial charge in [0.05, 0.1) is 0 Å². The fraction of sp³-hybridized carbons (Fsp3) is 0.727. The molecule has 2 heterocycles. The molecule has 0 radical (unpaired) electrons. The van der Waals surface area contributed by atoms with Crippen LogP contribution >= 0.6 is 11.6 Å². The lowest BCUT2D eigenvalue weighted by molar-refractivity contribution is 0.00921. The van der Waals surface area contributed by atoms with Gasteiger partial charge in [0.25, 0.3) is 0 Å². The largest absolute Gasteiger partial charge is 0.370 e. The highest BCUT2D eigenvalue weighted by atomic mass is 35.5. The van der Waals surface area contributed by atoms with Crippen LogP contribution in [0.3, 0.4) is 0 Å². The number of hydrogen-bond acceptors (Lipinski definition) is 2. The van der Waals surface area contributed by atoms with Crippen molar-refractivity contribution in [1.29, 1.82) is 0 Å². The van der Waals surface area contributed by atoms with Crippen molar-refractivity contribution in [3.63, 3.8) is 0 Å². The summed E-state index contributed by atoms with van der Waals surface area (Å²) in [5, 5.41) is 0.232. The Labute approximate surface area is 95.4 Å². The Morgan fingerprint density at radius 2 is 2.53 bits per heavy atom. The molecule has 3 nitrogen and oxygen atoms in total. The number of imidazole rings is 1. The monoisotopic (exact) mass is 228 g/mol. The van der Waals surface area contributed by atoms with Crippen molar-refractivity contribution in [3.05, 3.63) is 18.2 Å². The lowest BCUT2D eigenvalue weighted by Crippen LogP contribution is -2.22. The van der Waals surface area contributed by atoms with Crippen molar-refractivity contribution in [2.75, 3.05) is 6.61 Å². The summed E-state index contributed by atoms with van der Waals surface area (Å²) in [6.45, 7) is 3.91. The zero-order valence-corrected chi connectivity index (χ0v) is 9.78. The highest BCUT2D eigenvalue weighted by molar-refractivity contribution is 6.20. The quantitative estimate of drug-likeness (QED) is 0.744. The molecule has 2 atom stereocenters. The van der Waals surface area contributed by atoms with Gasteiger partial charge in [-0.15, -0.1) is 11.6 Å². The molecule has 1 aliphatic rings. The number of halogens is 1. The Kier molecular flexibility index (Phi) is 3.65. The van der Waals surface area contributed by atoms with Gasteiger partial charge >= 0.3 is 0 Å². The normalized spacial score (nSPS) is 26.8. The van der Waals surface area contributed by atoms with Crippen LogP contribution in [0.25, 0.3) is 0 Å². The van der Waals surface area contributed by atoms with Gasteiger partial charge in [-0.05, 0) is 19.3 Å². The summed E-state index contributed by atoms with van der Waals surface area (Å²) in [7, 11) is 0. The number of alkyl halides is 1. The summed E-state index contributed by atoms with van der Waals surface area (Å²) >= 11 is 6.14. The fourth-order valence-corrected chi connectivity index (χ4v) is 2.23. The molecule has 0 aliphatic carbocycles. The van der Waals surface area contributed by atoms with Crippen LogP contribution in [0.5, 0.6) is 0 Å². The highest BCUT2D eigenvalue weighted by Gasteiger charge is 2.25. The summed E-state index contributed by atoms with van der Waals surface area (Å²) in [4.78, 5) is 4.37. The van der Waals surface area contributed by atoms with Crippen molar-refractivity contribution >= 4 is 11.6 Å². The van der Waals surface area contributed by atoms with Crippen LogP contribution in [0, 0.1) is 0 Å². The van der Waals surface area contributed by atoms with E-state index in [0.717, 1.165) is 38.2 Å². The molecule has 1 aromatic heterocycles. The van der Waals surface area contributed by atoms with Crippen LogP contribution in [0.1, 0.15) is 38.1 Å². The van der Waals surface area contributed by atoms with E-state index in [-0.39, 0.29) is 11.5 Å². The maximum Gasteiger partial charge on any atom is 0.137 e. The lowest BCUT2D eigenvalue weighted by atomic mass is 10.1. The van der Waals surface area contributed by atoms with Crippen LogP contribution in [0.15, 0.2) is 12.4 Å². The van der Waals surface area contributed by atoms with E-state index in [1.165, 1.54) is 0 Å². The maximum atomic E-state index is 6.14. The van der Waals surface area contributed by atoms with E-state index in [9.17, 15) is 0 Å². The minimum atomic E-state index is 0.0859. The zero-order chi connectivity index (χ0) is 10.7. The minimum Gasteiger partial charge on any atom is -0.370 e. The van der Waals surface area contributed by atoms with E-state index in [0.29, 0.717) is 0 Å². The molecule has 0 spiro atoms. The third kappa shape index (κ3) is 2.52. The molecule has 0 N–H and O–H groups in total. The van der Waals surface area contributed by atoms with Gasteiger partial charge in [0.2, 0.25) is 0 Å². The molecule has 2 rings (SSSR count). The average molecular weight is 229 g/mol. The molecule has 0 bridgehead atoms. The molecule has 0 amide bonds. The first-order chi connectivity index (χ1) is 7.31. The molecule has 15 heavy (non-hydrogen) atoms. The van der Waals surface area contributed by atoms with E-state index in [1.807, 2.05) is 12.4 Å². The molecular formula is C11H17ClN2O. The number of nitrogens with zero attached hydrogens (tertiary/aromatic N) is 2. The van der Waals surface area contributed by atoms with E-state index in [2.05, 4.69) is 16.5 Å². The van der Waals surface area contributed by atoms with Crippen LogP contribution in [-0.4, -0.2) is 21.5 Å². The van der Waals surface area contributed by atoms with Gasteiger partial charge < -0.3 is 9.30 Å². The standard InChI is InChI=1S/C11H17ClN2O/c1-2-5-14-6-4-13-11(14)10-8-9(12)3-7-15-10/h4,6,9-10H,2-3,5,7-8H2,1H3. The fourth-order valence-electron chi connectivity index (χ4n) is 1.98. The van der Waals surface area contributed by atoms with Gasteiger partial charge in [-0.25, -0.2) is 4.98 Å². The van der Waals surface area contributed by atoms with Gasteiger partial charge in [-0.1, -0.05) is 6.92 Å². The predicted molar refractivity (Wildman–Crippen MR) is 60.1 cm³/mol. The molecular weight excluding hydrogens is 212 g/mol. The second-order valence-corrected chi connectivity index (χ2v) is 4.58. The topological polar surface area (TPSA) is 27.1 Å². The van der Waals surface area contributed by atoms with Crippen molar-refractivity contribution < 1.29 is 4.74 Å². The number of hydrogen-bond donors (Lipinski definition) is 0. The van der Waals surface area contributed by atoms with Crippen molar-refractivity contribution in [3.8, 4) is 0 Å². The van der Waals surface area contributed by atoms with Crippen molar-refractivity contribution in [2.45, 2.75) is 44.2 Å². The second kappa shape index (κ2) is 4.99. The minimum absolute atomic E-state index is 0.0859. The average Bonchev–Trinajstić information content (AvgIpc) is 2.66. The first-order valence-electron chi connectivity index (χ1n) is 5.58. The SMILES string of the molecule is CCCn1ccnc1C1CC(Cl)CCO1. The molecule has 1 aliphatic heterocycles. The molecule has 0 saturated carbocycles. The Hall–Kier alpha value is -0.540. The molecule has 1 saturated heterocycles. The van der Waals surface area contributed by atoms with E-state index in [4.69, 9.17) is 16.3 Å². The van der Waals surface area contributed by atoms with E-state index < -0.39 is 0 Å². The number of ether oxygens (including phenoxy) is 1. The van der Waals surface area contributed by atoms with Gasteiger partial charge in [0, 0.05) is 30.9 Å². The van der Waals surface area contributed by atoms with Crippen LogP contribution in [0.4, 0.5) is 0 Å². The van der Waals surface area contributed by atoms with Gasteiger partial charge in [0.1, 0.15) is 11.9 Å². The molecule has 4 heteroatoms.